The van der Waals surface area contributed by atoms with Crippen LogP contribution in [-0.4, -0.2) is 9.97 Å². The van der Waals surface area contributed by atoms with E-state index in [0.29, 0.717) is 22.0 Å². The first-order chi connectivity index (χ1) is 15.8. The molecule has 5 rings (SSSR count). The lowest BCUT2D eigenvalue weighted by Gasteiger charge is -2.13. The fraction of sp³-hybridized carbons (Fsp3) is 0.0769. The number of alkyl halides is 3. The maximum atomic E-state index is 12.9. The molecule has 3 nitrogen and oxygen atoms in total. The summed E-state index contributed by atoms with van der Waals surface area (Å²) in [5.74, 6) is 0.489. The number of nitrogens with one attached hydrogen (secondary N) is 1. The van der Waals surface area contributed by atoms with E-state index in [-0.39, 0.29) is 0 Å². The normalized spacial score (nSPS) is 11.8. The Bertz CT molecular complexity index is 1450. The highest BCUT2D eigenvalue weighted by Crippen LogP contribution is 2.36. The topological polar surface area (TPSA) is 37.8 Å². The van der Waals surface area contributed by atoms with Crippen molar-refractivity contribution in [1.82, 2.24) is 9.97 Å². The second kappa shape index (κ2) is 8.41. The first kappa shape index (κ1) is 21.3. The Hall–Kier alpha value is -3.58. The van der Waals surface area contributed by atoms with Gasteiger partial charge >= 0.3 is 6.18 Å². The van der Waals surface area contributed by atoms with Crippen LogP contribution in [0.4, 0.5) is 24.7 Å². The average molecular weight is 462 g/mol. The number of rotatable bonds is 4. The van der Waals surface area contributed by atoms with Crippen molar-refractivity contribution < 1.29 is 13.2 Å². The predicted octanol–water partition coefficient (Wildman–Crippen LogP) is 8.01. The Morgan fingerprint density at radius 2 is 1.36 bits per heavy atom. The number of fused-ring (bicyclic) bond motifs is 2. The molecule has 1 heterocycles. The quantitative estimate of drug-likeness (QED) is 0.275. The molecule has 0 aliphatic rings. The summed E-state index contributed by atoms with van der Waals surface area (Å²) in [6, 6.07) is 24.9. The second-order valence-electron chi connectivity index (χ2n) is 7.68. The van der Waals surface area contributed by atoms with E-state index in [1.165, 1.54) is 23.9 Å². The number of halogens is 3. The van der Waals surface area contributed by atoms with Crippen LogP contribution in [0.3, 0.4) is 0 Å². The van der Waals surface area contributed by atoms with Crippen molar-refractivity contribution in [3.05, 3.63) is 96.1 Å². The summed E-state index contributed by atoms with van der Waals surface area (Å²) in [6.07, 6.45) is -4.38. The molecule has 4 aromatic carbocycles. The lowest BCUT2D eigenvalue weighted by molar-refractivity contribution is -0.137. The average Bonchev–Trinajstić information content (AvgIpc) is 2.79. The molecule has 164 valence electrons. The fourth-order valence-corrected chi connectivity index (χ4v) is 4.31. The van der Waals surface area contributed by atoms with Gasteiger partial charge in [-0.25, -0.2) is 9.97 Å². The Balaban J connectivity index is 1.58. The molecule has 0 bridgehead atoms. The van der Waals surface area contributed by atoms with Gasteiger partial charge in [0.05, 0.1) is 16.6 Å². The van der Waals surface area contributed by atoms with E-state index in [0.717, 1.165) is 38.9 Å². The predicted molar refractivity (Wildman–Crippen MR) is 127 cm³/mol. The summed E-state index contributed by atoms with van der Waals surface area (Å²) < 4.78 is 38.8. The molecule has 0 fully saturated rings. The van der Waals surface area contributed by atoms with Crippen molar-refractivity contribution in [1.29, 1.82) is 0 Å². The lowest BCUT2D eigenvalue weighted by atomic mass is 10.1. The maximum absolute atomic E-state index is 12.9. The minimum absolute atomic E-state index is 0.489. The highest BCUT2D eigenvalue weighted by molar-refractivity contribution is 7.99. The lowest BCUT2D eigenvalue weighted by Crippen LogP contribution is -2.05. The molecule has 1 aromatic heterocycles. The molecule has 0 saturated carbocycles. The Morgan fingerprint density at radius 3 is 1.97 bits per heavy atom. The van der Waals surface area contributed by atoms with Gasteiger partial charge in [-0.15, -0.1) is 0 Å². The molecule has 0 radical (unpaired) electrons. The standard InChI is InChI=1S/C26H18F3N3S/c1-16-6-12-21(13-7-16)33-25-24(30-20-10-8-19(9-11-20)26(27,28)29)31-22-14-17-4-2-3-5-18(17)15-23(22)32-25/h2-15H,1H3,(H,30,31). The summed E-state index contributed by atoms with van der Waals surface area (Å²) in [5, 5.41) is 5.91. The van der Waals surface area contributed by atoms with Gasteiger partial charge in [0, 0.05) is 10.6 Å². The van der Waals surface area contributed by atoms with Gasteiger partial charge in [-0.3, -0.25) is 0 Å². The first-order valence-electron chi connectivity index (χ1n) is 10.2. The minimum Gasteiger partial charge on any atom is -0.338 e. The number of benzene rings is 4. The fourth-order valence-electron chi connectivity index (χ4n) is 3.48. The molecule has 0 unspecified atom stereocenters. The van der Waals surface area contributed by atoms with Crippen molar-refractivity contribution in [3.63, 3.8) is 0 Å². The molecule has 0 aliphatic carbocycles. The van der Waals surface area contributed by atoms with Crippen LogP contribution in [0, 0.1) is 6.92 Å². The number of nitrogens with zero attached hydrogens (tertiary/aromatic N) is 2. The Morgan fingerprint density at radius 1 is 0.758 bits per heavy atom. The van der Waals surface area contributed by atoms with E-state index in [1.54, 1.807) is 0 Å². The van der Waals surface area contributed by atoms with Crippen molar-refractivity contribution in [3.8, 4) is 0 Å². The first-order valence-corrected chi connectivity index (χ1v) is 11.1. The van der Waals surface area contributed by atoms with Gasteiger partial charge in [-0.05, 0) is 66.2 Å². The molecule has 0 atom stereocenters. The van der Waals surface area contributed by atoms with Gasteiger partial charge in [-0.2, -0.15) is 13.2 Å². The summed E-state index contributed by atoms with van der Waals surface area (Å²) in [7, 11) is 0. The van der Waals surface area contributed by atoms with E-state index in [2.05, 4.69) is 5.32 Å². The van der Waals surface area contributed by atoms with Crippen molar-refractivity contribution in [2.24, 2.45) is 0 Å². The van der Waals surface area contributed by atoms with E-state index in [1.807, 2.05) is 67.6 Å². The summed E-state index contributed by atoms with van der Waals surface area (Å²) >= 11 is 1.45. The van der Waals surface area contributed by atoms with Crippen LogP contribution in [0.2, 0.25) is 0 Å². The zero-order chi connectivity index (χ0) is 23.0. The number of aryl methyl sites for hydroxylation is 1. The highest BCUT2D eigenvalue weighted by atomic mass is 32.2. The van der Waals surface area contributed by atoms with Crippen LogP contribution < -0.4 is 5.32 Å². The van der Waals surface area contributed by atoms with Crippen LogP contribution in [0.1, 0.15) is 11.1 Å². The van der Waals surface area contributed by atoms with E-state index < -0.39 is 11.7 Å². The largest absolute Gasteiger partial charge is 0.416 e. The molecule has 1 N–H and O–H groups in total. The third kappa shape index (κ3) is 4.64. The van der Waals surface area contributed by atoms with Gasteiger partial charge in [0.25, 0.3) is 0 Å². The van der Waals surface area contributed by atoms with Gasteiger partial charge in [0.2, 0.25) is 0 Å². The summed E-state index contributed by atoms with van der Waals surface area (Å²) in [6.45, 7) is 2.02. The van der Waals surface area contributed by atoms with Gasteiger partial charge in [0.15, 0.2) is 5.82 Å². The SMILES string of the molecule is Cc1ccc(Sc2nc3cc4ccccc4cc3nc2Nc2ccc(C(F)(F)F)cc2)cc1. The molecule has 0 spiro atoms. The van der Waals surface area contributed by atoms with Crippen LogP contribution in [0.5, 0.6) is 0 Å². The smallest absolute Gasteiger partial charge is 0.338 e. The number of hydrogen-bond acceptors (Lipinski definition) is 4. The number of aromatic nitrogens is 2. The van der Waals surface area contributed by atoms with Crippen LogP contribution in [0.15, 0.2) is 94.9 Å². The van der Waals surface area contributed by atoms with Crippen LogP contribution >= 0.6 is 11.8 Å². The molecule has 0 aliphatic heterocycles. The zero-order valence-electron chi connectivity index (χ0n) is 17.5. The van der Waals surface area contributed by atoms with E-state index in [4.69, 9.17) is 9.97 Å². The minimum atomic E-state index is -4.38. The number of hydrogen-bond donors (Lipinski definition) is 1. The van der Waals surface area contributed by atoms with Gasteiger partial charge < -0.3 is 5.32 Å². The van der Waals surface area contributed by atoms with Crippen LogP contribution in [-0.2, 0) is 6.18 Å². The monoisotopic (exact) mass is 461 g/mol. The van der Waals surface area contributed by atoms with Crippen LogP contribution in [0.25, 0.3) is 21.8 Å². The third-order valence-corrected chi connectivity index (χ3v) is 6.20. The summed E-state index contributed by atoms with van der Waals surface area (Å²) in [4.78, 5) is 10.6. The van der Waals surface area contributed by atoms with E-state index in [9.17, 15) is 13.2 Å². The molecule has 7 heteroatoms. The molecule has 33 heavy (non-hydrogen) atoms. The van der Waals surface area contributed by atoms with Crippen molar-refractivity contribution >= 4 is 45.1 Å². The molecular formula is C26H18F3N3S. The zero-order valence-corrected chi connectivity index (χ0v) is 18.3. The molecule has 5 aromatic rings. The highest BCUT2D eigenvalue weighted by Gasteiger charge is 2.30. The summed E-state index contributed by atoms with van der Waals surface area (Å²) in [5.41, 5.74) is 2.41. The van der Waals surface area contributed by atoms with Crippen molar-refractivity contribution in [2.75, 3.05) is 5.32 Å². The molecular weight excluding hydrogens is 443 g/mol. The third-order valence-electron chi connectivity index (χ3n) is 5.21. The van der Waals surface area contributed by atoms with Gasteiger partial charge in [-0.1, -0.05) is 53.7 Å². The van der Waals surface area contributed by atoms with E-state index >= 15 is 0 Å². The molecule has 0 saturated heterocycles. The molecule has 0 amide bonds. The maximum Gasteiger partial charge on any atom is 0.416 e. The van der Waals surface area contributed by atoms with Crippen molar-refractivity contribution in [2.45, 2.75) is 23.0 Å². The van der Waals surface area contributed by atoms with Gasteiger partial charge in [0.1, 0.15) is 5.03 Å². The Kier molecular flexibility index (Phi) is 5.42. The Labute approximate surface area is 192 Å². The number of anilines is 2. The second-order valence-corrected chi connectivity index (χ2v) is 8.74.